The fraction of sp³-hybridized carbons (Fsp3) is 0.259. The van der Waals surface area contributed by atoms with Crippen molar-refractivity contribution in [2.45, 2.75) is 12.2 Å². The van der Waals surface area contributed by atoms with Gasteiger partial charge in [-0.1, -0.05) is 60.7 Å². The zero-order valence-electron chi connectivity index (χ0n) is 19.5. The summed E-state index contributed by atoms with van der Waals surface area (Å²) in [6, 6.07) is 23.1. The van der Waals surface area contributed by atoms with Crippen LogP contribution >= 0.6 is 0 Å². The normalized spacial score (nSPS) is 15.8. The van der Waals surface area contributed by atoms with E-state index in [0.29, 0.717) is 31.9 Å². The summed E-state index contributed by atoms with van der Waals surface area (Å²) in [5.41, 5.74) is 0.437. The maximum Gasteiger partial charge on any atom is 0.418 e. The van der Waals surface area contributed by atoms with Crippen LogP contribution in [-0.4, -0.2) is 54.3 Å². The Morgan fingerprint density at radius 3 is 2.00 bits per heavy atom. The van der Waals surface area contributed by atoms with Gasteiger partial charge in [0.2, 0.25) is 11.8 Å². The quantitative estimate of drug-likeness (QED) is 0.500. The maximum absolute atomic E-state index is 13.3. The van der Waals surface area contributed by atoms with Crippen molar-refractivity contribution in [3.8, 4) is 0 Å². The maximum atomic E-state index is 13.3. The van der Waals surface area contributed by atoms with E-state index in [9.17, 15) is 22.8 Å². The highest BCUT2D eigenvalue weighted by atomic mass is 19.4. The Kier molecular flexibility index (Phi) is 8.02. The molecule has 1 saturated heterocycles. The summed E-state index contributed by atoms with van der Waals surface area (Å²) in [6.07, 6.45) is -4.55. The molecule has 3 aromatic carbocycles. The number of nitrogens with zero attached hydrogens (tertiary/aromatic N) is 2. The molecule has 1 heterocycles. The molecular weight excluding hydrogens is 469 g/mol. The molecule has 0 bridgehead atoms. The summed E-state index contributed by atoms with van der Waals surface area (Å²) in [7, 11) is 0. The van der Waals surface area contributed by atoms with Gasteiger partial charge in [-0.2, -0.15) is 13.2 Å². The van der Waals surface area contributed by atoms with Crippen LogP contribution in [0.1, 0.15) is 17.2 Å². The number of halogens is 3. The Morgan fingerprint density at radius 2 is 1.36 bits per heavy atom. The van der Waals surface area contributed by atoms with Gasteiger partial charge in [-0.25, -0.2) is 0 Å². The van der Waals surface area contributed by atoms with Crippen LogP contribution in [0, 0.1) is 0 Å². The number of carbonyl (C=O) groups excluding carboxylic acids is 2. The van der Waals surface area contributed by atoms with Gasteiger partial charge in [0.15, 0.2) is 0 Å². The first kappa shape index (κ1) is 25.4. The molecule has 36 heavy (non-hydrogen) atoms. The van der Waals surface area contributed by atoms with E-state index in [4.69, 9.17) is 0 Å². The fourth-order valence-electron chi connectivity index (χ4n) is 4.31. The largest absolute Gasteiger partial charge is 0.418 e. The smallest absolute Gasteiger partial charge is 0.324 e. The van der Waals surface area contributed by atoms with Gasteiger partial charge in [0.25, 0.3) is 0 Å². The Bertz CT molecular complexity index is 1160. The van der Waals surface area contributed by atoms with E-state index in [0.717, 1.165) is 11.6 Å². The Balaban J connectivity index is 1.38. The van der Waals surface area contributed by atoms with Crippen molar-refractivity contribution in [3.05, 3.63) is 96.1 Å². The number of piperazine rings is 1. The summed E-state index contributed by atoms with van der Waals surface area (Å²) < 4.78 is 39.7. The number of hydrogen-bond acceptors (Lipinski definition) is 4. The first-order valence-corrected chi connectivity index (χ1v) is 11.6. The predicted octanol–water partition coefficient (Wildman–Crippen LogP) is 4.64. The number of anilines is 2. The van der Waals surface area contributed by atoms with Gasteiger partial charge in [0.05, 0.1) is 17.8 Å². The second-order valence-corrected chi connectivity index (χ2v) is 8.57. The lowest BCUT2D eigenvalue weighted by Gasteiger charge is -2.38. The van der Waals surface area contributed by atoms with E-state index in [2.05, 4.69) is 15.5 Å². The number of benzene rings is 3. The third kappa shape index (κ3) is 6.50. The van der Waals surface area contributed by atoms with Gasteiger partial charge in [0, 0.05) is 31.9 Å². The van der Waals surface area contributed by atoms with Crippen LogP contribution in [0.4, 0.5) is 24.5 Å². The number of amides is 2. The molecule has 1 fully saturated rings. The van der Waals surface area contributed by atoms with Crippen molar-refractivity contribution in [3.63, 3.8) is 0 Å². The van der Waals surface area contributed by atoms with Crippen molar-refractivity contribution in [2.75, 3.05) is 43.4 Å². The highest BCUT2D eigenvalue weighted by Crippen LogP contribution is 2.34. The second kappa shape index (κ2) is 11.4. The molecule has 6 nitrogen and oxygen atoms in total. The molecule has 0 spiro atoms. The van der Waals surface area contributed by atoms with Crippen molar-refractivity contribution in [1.82, 2.24) is 9.80 Å². The van der Waals surface area contributed by atoms with Crippen LogP contribution in [0.3, 0.4) is 0 Å². The number of nitrogens with one attached hydrogen (secondary N) is 2. The average Bonchev–Trinajstić information content (AvgIpc) is 2.86. The molecule has 0 aromatic heterocycles. The minimum atomic E-state index is -4.55. The topological polar surface area (TPSA) is 64.7 Å². The Labute approximate surface area is 207 Å². The molecule has 1 aliphatic heterocycles. The van der Waals surface area contributed by atoms with Crippen molar-refractivity contribution in [2.24, 2.45) is 0 Å². The first-order chi connectivity index (χ1) is 17.3. The van der Waals surface area contributed by atoms with E-state index in [-0.39, 0.29) is 18.1 Å². The van der Waals surface area contributed by atoms with Crippen LogP contribution in [0.5, 0.6) is 0 Å². The molecular formula is C27H27F3N4O2. The summed E-state index contributed by atoms with van der Waals surface area (Å²) in [5, 5.41) is 5.37. The lowest BCUT2D eigenvalue weighted by atomic mass is 10.0. The minimum absolute atomic E-state index is 0.0355. The zero-order valence-corrected chi connectivity index (χ0v) is 19.5. The molecule has 1 aliphatic rings. The number of para-hydroxylation sites is 2. The highest BCUT2D eigenvalue weighted by molar-refractivity contribution is 5.95. The van der Waals surface area contributed by atoms with E-state index in [1.807, 2.05) is 65.6 Å². The van der Waals surface area contributed by atoms with Gasteiger partial charge in [-0.3, -0.25) is 19.4 Å². The second-order valence-electron chi connectivity index (χ2n) is 8.57. The van der Waals surface area contributed by atoms with Crippen molar-refractivity contribution >= 4 is 23.2 Å². The first-order valence-electron chi connectivity index (χ1n) is 11.6. The van der Waals surface area contributed by atoms with E-state index < -0.39 is 23.7 Å². The Hall–Kier alpha value is -3.69. The molecule has 188 valence electrons. The molecule has 0 aliphatic carbocycles. The third-order valence-corrected chi connectivity index (χ3v) is 6.05. The van der Waals surface area contributed by atoms with Crippen LogP contribution in [0.25, 0.3) is 0 Å². The van der Waals surface area contributed by atoms with Gasteiger partial charge in [-0.15, -0.1) is 0 Å². The van der Waals surface area contributed by atoms with Gasteiger partial charge in [-0.05, 0) is 29.8 Å². The SMILES string of the molecule is O=C(CN1CCN(C(C(=O)Nc2ccccc2)c2ccccc2)CC1)Nc1ccccc1C(F)(F)F. The molecule has 9 heteroatoms. The van der Waals surface area contributed by atoms with Crippen LogP contribution in [-0.2, 0) is 15.8 Å². The molecule has 2 N–H and O–H groups in total. The molecule has 0 radical (unpaired) electrons. The van der Waals surface area contributed by atoms with Gasteiger partial charge in [0.1, 0.15) is 6.04 Å². The summed E-state index contributed by atoms with van der Waals surface area (Å²) in [4.78, 5) is 29.7. The molecule has 2 amide bonds. The summed E-state index contributed by atoms with van der Waals surface area (Å²) in [6.45, 7) is 2.00. The standard InChI is InChI=1S/C27H27F3N4O2/c28-27(29,30)22-13-7-8-14-23(22)32-24(35)19-33-15-17-34(18-16-33)25(20-9-3-1-4-10-20)26(36)31-21-11-5-2-6-12-21/h1-14,25H,15-19H2,(H,31,36)(H,32,35). The zero-order chi connectivity index (χ0) is 25.5. The molecule has 3 aromatic rings. The number of carbonyl (C=O) groups is 2. The molecule has 1 unspecified atom stereocenters. The summed E-state index contributed by atoms with van der Waals surface area (Å²) in [5.74, 6) is -0.663. The van der Waals surface area contributed by atoms with E-state index in [1.54, 1.807) is 0 Å². The number of rotatable bonds is 7. The average molecular weight is 497 g/mol. The van der Waals surface area contributed by atoms with Gasteiger partial charge >= 0.3 is 6.18 Å². The van der Waals surface area contributed by atoms with Crippen LogP contribution in [0.2, 0.25) is 0 Å². The molecule has 0 saturated carbocycles. The van der Waals surface area contributed by atoms with Crippen LogP contribution < -0.4 is 10.6 Å². The monoisotopic (exact) mass is 496 g/mol. The third-order valence-electron chi connectivity index (χ3n) is 6.05. The lowest BCUT2D eigenvalue weighted by Crippen LogP contribution is -2.51. The predicted molar refractivity (Wildman–Crippen MR) is 132 cm³/mol. The lowest BCUT2D eigenvalue weighted by molar-refractivity contribution is -0.137. The highest BCUT2D eigenvalue weighted by Gasteiger charge is 2.34. The molecule has 4 rings (SSSR count). The number of hydrogen-bond donors (Lipinski definition) is 2. The van der Waals surface area contributed by atoms with Crippen LogP contribution in [0.15, 0.2) is 84.9 Å². The fourth-order valence-corrected chi connectivity index (χ4v) is 4.31. The van der Waals surface area contributed by atoms with Crippen molar-refractivity contribution in [1.29, 1.82) is 0 Å². The van der Waals surface area contributed by atoms with Crippen molar-refractivity contribution < 1.29 is 22.8 Å². The number of alkyl halides is 3. The van der Waals surface area contributed by atoms with E-state index in [1.165, 1.54) is 18.2 Å². The summed E-state index contributed by atoms with van der Waals surface area (Å²) >= 11 is 0. The van der Waals surface area contributed by atoms with Gasteiger partial charge < -0.3 is 10.6 Å². The van der Waals surface area contributed by atoms with E-state index >= 15 is 0 Å². The Morgan fingerprint density at radius 1 is 0.778 bits per heavy atom. The molecule has 1 atom stereocenters. The minimum Gasteiger partial charge on any atom is -0.324 e.